The highest BCUT2D eigenvalue weighted by Gasteiger charge is 2.01. The predicted molar refractivity (Wildman–Crippen MR) is 74.8 cm³/mol. The first-order chi connectivity index (χ1) is 8.58. The van der Waals surface area contributed by atoms with Gasteiger partial charge in [0, 0.05) is 17.1 Å². The van der Waals surface area contributed by atoms with Gasteiger partial charge >= 0.3 is 0 Å². The minimum absolute atomic E-state index is 0.490. The molecule has 0 aromatic heterocycles. The van der Waals surface area contributed by atoms with Gasteiger partial charge in [0.25, 0.3) is 0 Å². The SMILES string of the molecule is Cc1cc(C)cc(Nc2ccc(N)c(C#N)c2)c1. The molecule has 0 atom stereocenters. The van der Waals surface area contributed by atoms with E-state index in [9.17, 15) is 0 Å². The number of nitriles is 1. The van der Waals surface area contributed by atoms with Crippen LogP contribution in [0.4, 0.5) is 17.1 Å². The van der Waals surface area contributed by atoms with Crippen molar-refractivity contribution in [3.05, 3.63) is 53.1 Å². The van der Waals surface area contributed by atoms with Crippen LogP contribution in [0.25, 0.3) is 0 Å². The van der Waals surface area contributed by atoms with Gasteiger partial charge in [0.2, 0.25) is 0 Å². The molecule has 0 spiro atoms. The van der Waals surface area contributed by atoms with Crippen molar-refractivity contribution in [1.82, 2.24) is 0 Å². The molecule has 0 aliphatic carbocycles. The third kappa shape index (κ3) is 2.61. The minimum Gasteiger partial charge on any atom is -0.398 e. The summed E-state index contributed by atoms with van der Waals surface area (Å²) in [7, 11) is 0. The van der Waals surface area contributed by atoms with E-state index in [1.54, 1.807) is 12.1 Å². The van der Waals surface area contributed by atoms with Crippen LogP contribution in [0.15, 0.2) is 36.4 Å². The normalized spacial score (nSPS) is 9.83. The van der Waals surface area contributed by atoms with Crippen LogP contribution >= 0.6 is 0 Å². The van der Waals surface area contributed by atoms with E-state index in [0.717, 1.165) is 11.4 Å². The lowest BCUT2D eigenvalue weighted by Gasteiger charge is -2.09. The second kappa shape index (κ2) is 4.80. The lowest BCUT2D eigenvalue weighted by atomic mass is 10.1. The van der Waals surface area contributed by atoms with E-state index < -0.39 is 0 Å². The fourth-order valence-electron chi connectivity index (χ4n) is 1.94. The molecular weight excluding hydrogens is 222 g/mol. The number of hydrogen-bond donors (Lipinski definition) is 2. The van der Waals surface area contributed by atoms with E-state index in [2.05, 4.69) is 43.4 Å². The number of nitrogens with two attached hydrogens (primary N) is 1. The lowest BCUT2D eigenvalue weighted by Crippen LogP contribution is -1.95. The van der Waals surface area contributed by atoms with Crippen molar-refractivity contribution in [2.24, 2.45) is 0 Å². The largest absolute Gasteiger partial charge is 0.398 e. The molecule has 2 aromatic carbocycles. The molecule has 0 fully saturated rings. The number of nitrogens with zero attached hydrogens (tertiary/aromatic N) is 1. The molecular formula is C15H15N3. The molecule has 0 amide bonds. The maximum atomic E-state index is 8.94. The third-order valence-corrected chi connectivity index (χ3v) is 2.68. The van der Waals surface area contributed by atoms with Crippen LogP contribution in [0, 0.1) is 25.2 Å². The van der Waals surface area contributed by atoms with Crippen molar-refractivity contribution < 1.29 is 0 Å². The standard InChI is InChI=1S/C15H15N3/c1-10-5-11(2)7-14(6-10)18-13-3-4-15(17)12(8-13)9-16/h3-8,18H,17H2,1-2H3. The van der Waals surface area contributed by atoms with Crippen molar-refractivity contribution in [1.29, 1.82) is 5.26 Å². The smallest absolute Gasteiger partial charge is 0.101 e. The van der Waals surface area contributed by atoms with Gasteiger partial charge in [0.15, 0.2) is 0 Å². The van der Waals surface area contributed by atoms with Gasteiger partial charge in [-0.3, -0.25) is 0 Å². The molecule has 18 heavy (non-hydrogen) atoms. The topological polar surface area (TPSA) is 61.8 Å². The second-order valence-electron chi connectivity index (χ2n) is 4.42. The maximum Gasteiger partial charge on any atom is 0.101 e. The molecule has 0 aliphatic heterocycles. The zero-order valence-electron chi connectivity index (χ0n) is 10.5. The third-order valence-electron chi connectivity index (χ3n) is 2.68. The number of anilines is 3. The van der Waals surface area contributed by atoms with Gasteiger partial charge < -0.3 is 11.1 Å². The van der Waals surface area contributed by atoms with Crippen LogP contribution in [-0.2, 0) is 0 Å². The fourth-order valence-corrected chi connectivity index (χ4v) is 1.94. The average molecular weight is 237 g/mol. The van der Waals surface area contributed by atoms with Crippen molar-refractivity contribution >= 4 is 17.1 Å². The van der Waals surface area contributed by atoms with Crippen LogP contribution in [0.3, 0.4) is 0 Å². The number of aryl methyl sites for hydroxylation is 2. The van der Waals surface area contributed by atoms with Crippen LogP contribution in [0.1, 0.15) is 16.7 Å². The number of nitrogen functional groups attached to an aromatic ring is 1. The van der Waals surface area contributed by atoms with Crippen molar-refractivity contribution in [2.75, 3.05) is 11.1 Å². The van der Waals surface area contributed by atoms with Gasteiger partial charge in [0.1, 0.15) is 6.07 Å². The molecule has 3 heteroatoms. The number of rotatable bonds is 2. The van der Waals surface area contributed by atoms with E-state index in [1.165, 1.54) is 11.1 Å². The summed E-state index contributed by atoms with van der Waals surface area (Å²) in [4.78, 5) is 0. The Kier molecular flexibility index (Phi) is 3.20. The van der Waals surface area contributed by atoms with Crippen LogP contribution in [0.5, 0.6) is 0 Å². The summed E-state index contributed by atoms with van der Waals surface area (Å²) in [6.07, 6.45) is 0. The van der Waals surface area contributed by atoms with E-state index >= 15 is 0 Å². The number of hydrogen-bond acceptors (Lipinski definition) is 3. The first-order valence-corrected chi connectivity index (χ1v) is 5.73. The van der Waals surface area contributed by atoms with E-state index in [1.807, 2.05) is 6.07 Å². The molecule has 0 radical (unpaired) electrons. The molecule has 2 aromatic rings. The molecule has 0 unspecified atom stereocenters. The summed E-state index contributed by atoms with van der Waals surface area (Å²) in [5.74, 6) is 0. The molecule has 0 saturated heterocycles. The Hall–Kier alpha value is -2.47. The lowest BCUT2D eigenvalue weighted by molar-refractivity contribution is 1.37. The summed E-state index contributed by atoms with van der Waals surface area (Å²) < 4.78 is 0. The van der Waals surface area contributed by atoms with E-state index in [0.29, 0.717) is 11.3 Å². The second-order valence-corrected chi connectivity index (χ2v) is 4.42. The summed E-state index contributed by atoms with van der Waals surface area (Å²) in [5, 5.41) is 12.2. The first kappa shape index (κ1) is 12.0. The molecule has 90 valence electrons. The molecule has 0 bridgehead atoms. The Morgan fingerprint density at radius 1 is 1.00 bits per heavy atom. The number of benzene rings is 2. The predicted octanol–water partition coefficient (Wildman–Crippen LogP) is 3.50. The van der Waals surface area contributed by atoms with Gasteiger partial charge in [-0.25, -0.2) is 0 Å². The average Bonchev–Trinajstić information content (AvgIpc) is 2.30. The van der Waals surface area contributed by atoms with Crippen LogP contribution in [0.2, 0.25) is 0 Å². The Bertz CT molecular complexity index is 604. The van der Waals surface area contributed by atoms with Crippen molar-refractivity contribution in [3.63, 3.8) is 0 Å². The van der Waals surface area contributed by atoms with Crippen molar-refractivity contribution in [2.45, 2.75) is 13.8 Å². The summed E-state index contributed by atoms with van der Waals surface area (Å²) >= 11 is 0. The summed E-state index contributed by atoms with van der Waals surface area (Å²) in [5.41, 5.74) is 11.0. The van der Waals surface area contributed by atoms with Gasteiger partial charge in [-0.15, -0.1) is 0 Å². The molecule has 2 rings (SSSR count). The van der Waals surface area contributed by atoms with Crippen LogP contribution < -0.4 is 11.1 Å². The summed E-state index contributed by atoms with van der Waals surface area (Å²) in [6, 6.07) is 13.7. The van der Waals surface area contributed by atoms with Gasteiger partial charge in [0.05, 0.1) is 5.56 Å². The van der Waals surface area contributed by atoms with Crippen LogP contribution in [-0.4, -0.2) is 0 Å². The maximum absolute atomic E-state index is 8.94. The van der Waals surface area contributed by atoms with Gasteiger partial charge in [-0.1, -0.05) is 6.07 Å². The molecule has 0 heterocycles. The Morgan fingerprint density at radius 3 is 2.28 bits per heavy atom. The molecule has 3 nitrogen and oxygen atoms in total. The van der Waals surface area contributed by atoms with Gasteiger partial charge in [-0.2, -0.15) is 5.26 Å². The van der Waals surface area contributed by atoms with Crippen molar-refractivity contribution in [3.8, 4) is 6.07 Å². The number of nitrogens with one attached hydrogen (secondary N) is 1. The van der Waals surface area contributed by atoms with Gasteiger partial charge in [-0.05, 0) is 55.3 Å². The molecule has 0 aliphatic rings. The highest BCUT2D eigenvalue weighted by molar-refractivity contribution is 5.67. The quantitative estimate of drug-likeness (QED) is 0.786. The van der Waals surface area contributed by atoms with E-state index in [4.69, 9.17) is 11.0 Å². The highest BCUT2D eigenvalue weighted by atomic mass is 14.9. The Balaban J connectivity index is 2.31. The molecule has 3 N–H and O–H groups in total. The fraction of sp³-hybridized carbons (Fsp3) is 0.133. The minimum atomic E-state index is 0.490. The summed E-state index contributed by atoms with van der Waals surface area (Å²) in [6.45, 7) is 4.11. The van der Waals surface area contributed by atoms with E-state index in [-0.39, 0.29) is 0 Å². The molecule has 0 saturated carbocycles. The zero-order chi connectivity index (χ0) is 13.1. The zero-order valence-corrected chi connectivity index (χ0v) is 10.5. The first-order valence-electron chi connectivity index (χ1n) is 5.73. The monoisotopic (exact) mass is 237 g/mol. The Labute approximate surface area is 107 Å². The Morgan fingerprint density at radius 2 is 1.67 bits per heavy atom. The highest BCUT2D eigenvalue weighted by Crippen LogP contribution is 2.22.